The van der Waals surface area contributed by atoms with Gasteiger partial charge in [-0.1, -0.05) is 24.3 Å². The average molecular weight is 508 g/mol. The Morgan fingerprint density at radius 1 is 1.03 bits per heavy atom. The molecular weight excluding hydrogens is 483 g/mol. The molecule has 0 aliphatic carbocycles. The lowest BCUT2D eigenvalue weighted by molar-refractivity contribution is -0.185. The van der Waals surface area contributed by atoms with Gasteiger partial charge in [0.2, 0.25) is 0 Å². The van der Waals surface area contributed by atoms with E-state index in [0.29, 0.717) is 22.7 Å². The quantitative estimate of drug-likeness (QED) is 0.388. The van der Waals surface area contributed by atoms with Gasteiger partial charge in [-0.05, 0) is 43.2 Å². The zero-order valence-corrected chi connectivity index (χ0v) is 20.2. The Hall–Kier alpha value is -3.83. The van der Waals surface area contributed by atoms with Gasteiger partial charge >= 0.3 is 6.18 Å². The first-order chi connectivity index (χ1) is 17.6. The van der Waals surface area contributed by atoms with E-state index in [-0.39, 0.29) is 25.1 Å². The van der Waals surface area contributed by atoms with E-state index in [1.165, 1.54) is 23.2 Å². The molecule has 1 aliphatic heterocycles. The lowest BCUT2D eigenvalue weighted by Crippen LogP contribution is -2.39. The minimum Gasteiger partial charge on any atom is -0.389 e. The summed E-state index contributed by atoms with van der Waals surface area (Å²) in [5.74, 6) is 0.344. The van der Waals surface area contributed by atoms with Crippen LogP contribution in [-0.2, 0) is 7.05 Å². The molecule has 5 aromatic rings. The van der Waals surface area contributed by atoms with Crippen LogP contribution in [0.15, 0.2) is 60.9 Å². The lowest BCUT2D eigenvalue weighted by Gasteiger charge is -2.30. The third-order valence-corrected chi connectivity index (χ3v) is 6.83. The minimum absolute atomic E-state index is 0.0528. The van der Waals surface area contributed by atoms with Crippen LogP contribution in [-0.4, -0.2) is 64.2 Å². The number of aryl methyl sites for hydroxylation is 1. The van der Waals surface area contributed by atoms with Crippen LogP contribution in [0, 0.1) is 0 Å². The molecule has 37 heavy (non-hydrogen) atoms. The SMILES string of the molecule is Cn1ccc(-c2ccc3ccc(-c4nnc5ccc([C@H](N6CCC(C)(O)C6)C(F)(F)F)cn45)nc3c2)n1. The Labute approximate surface area is 210 Å². The number of β-amino-alcohol motifs (C(OH)–C–C–N with tert-alkyl or cyclic N) is 1. The van der Waals surface area contributed by atoms with Crippen LogP contribution >= 0.6 is 0 Å². The maximum Gasteiger partial charge on any atom is 0.408 e. The molecule has 1 aromatic carbocycles. The van der Waals surface area contributed by atoms with Gasteiger partial charge in [-0.2, -0.15) is 18.3 Å². The fourth-order valence-electron chi connectivity index (χ4n) is 5.02. The molecule has 11 heteroatoms. The first kappa shape index (κ1) is 23.6. The number of aromatic nitrogens is 6. The maximum atomic E-state index is 14.2. The Morgan fingerprint density at radius 3 is 2.54 bits per heavy atom. The van der Waals surface area contributed by atoms with Crippen molar-refractivity contribution in [3.05, 3.63) is 66.5 Å². The van der Waals surface area contributed by atoms with E-state index < -0.39 is 17.8 Å². The van der Waals surface area contributed by atoms with Gasteiger partial charge in [0.1, 0.15) is 11.7 Å². The van der Waals surface area contributed by atoms with Crippen molar-refractivity contribution in [2.45, 2.75) is 31.2 Å². The normalized spacial score (nSPS) is 19.7. The molecule has 1 fully saturated rings. The van der Waals surface area contributed by atoms with Gasteiger partial charge in [0.15, 0.2) is 11.5 Å². The largest absolute Gasteiger partial charge is 0.408 e. The number of hydrogen-bond acceptors (Lipinski definition) is 6. The molecule has 0 saturated carbocycles. The summed E-state index contributed by atoms with van der Waals surface area (Å²) >= 11 is 0. The Balaban J connectivity index is 1.42. The van der Waals surface area contributed by atoms with Gasteiger partial charge in [-0.3, -0.25) is 14.0 Å². The number of nitrogens with zero attached hydrogens (tertiary/aromatic N) is 7. The number of rotatable bonds is 4. The summed E-state index contributed by atoms with van der Waals surface area (Å²) in [5, 5.41) is 24.0. The average Bonchev–Trinajstić information content (AvgIpc) is 3.55. The van der Waals surface area contributed by atoms with Crippen LogP contribution in [0.5, 0.6) is 0 Å². The molecule has 2 atom stereocenters. The van der Waals surface area contributed by atoms with E-state index in [4.69, 9.17) is 4.98 Å². The molecule has 0 amide bonds. The molecule has 1 unspecified atom stereocenters. The number of aliphatic hydroxyl groups is 1. The predicted molar refractivity (Wildman–Crippen MR) is 132 cm³/mol. The second-order valence-corrected chi connectivity index (χ2v) is 9.85. The second-order valence-electron chi connectivity index (χ2n) is 9.85. The van der Waals surface area contributed by atoms with E-state index >= 15 is 0 Å². The van der Waals surface area contributed by atoms with Crippen molar-refractivity contribution in [1.82, 2.24) is 34.3 Å². The molecule has 1 aliphatic rings. The zero-order chi connectivity index (χ0) is 25.9. The van der Waals surface area contributed by atoms with Crippen LogP contribution in [0.4, 0.5) is 13.2 Å². The van der Waals surface area contributed by atoms with E-state index in [9.17, 15) is 18.3 Å². The Bertz CT molecular complexity index is 1620. The minimum atomic E-state index is -4.52. The number of alkyl halides is 3. The third kappa shape index (κ3) is 4.34. The fraction of sp³-hybridized carbons (Fsp3) is 0.308. The van der Waals surface area contributed by atoms with Crippen LogP contribution < -0.4 is 0 Å². The fourth-order valence-corrected chi connectivity index (χ4v) is 5.02. The monoisotopic (exact) mass is 507 g/mol. The van der Waals surface area contributed by atoms with Crippen molar-refractivity contribution >= 4 is 16.6 Å². The van der Waals surface area contributed by atoms with Gasteiger partial charge in [-0.25, -0.2) is 4.98 Å². The van der Waals surface area contributed by atoms with Gasteiger partial charge < -0.3 is 5.11 Å². The Morgan fingerprint density at radius 2 is 1.84 bits per heavy atom. The van der Waals surface area contributed by atoms with Gasteiger partial charge in [0, 0.05) is 43.5 Å². The molecule has 0 bridgehead atoms. The summed E-state index contributed by atoms with van der Waals surface area (Å²) in [7, 11) is 1.85. The molecule has 8 nitrogen and oxygen atoms in total. The summed E-state index contributed by atoms with van der Waals surface area (Å²) in [4.78, 5) is 6.03. The number of fused-ring (bicyclic) bond motifs is 2. The molecule has 1 saturated heterocycles. The van der Waals surface area contributed by atoms with Crippen LogP contribution in [0.2, 0.25) is 0 Å². The summed E-state index contributed by atoms with van der Waals surface area (Å²) in [6, 6.07) is 12.5. The third-order valence-electron chi connectivity index (χ3n) is 6.83. The molecule has 1 N–H and O–H groups in total. The first-order valence-electron chi connectivity index (χ1n) is 11.9. The number of halogens is 3. The van der Waals surface area contributed by atoms with Gasteiger partial charge in [0.25, 0.3) is 0 Å². The zero-order valence-electron chi connectivity index (χ0n) is 20.2. The number of likely N-dealkylation sites (tertiary alicyclic amines) is 1. The highest BCUT2D eigenvalue weighted by atomic mass is 19.4. The molecule has 190 valence electrons. The smallest absolute Gasteiger partial charge is 0.389 e. The van der Waals surface area contributed by atoms with Crippen molar-refractivity contribution in [1.29, 1.82) is 0 Å². The van der Waals surface area contributed by atoms with Crippen molar-refractivity contribution in [2.24, 2.45) is 7.05 Å². The molecule has 0 spiro atoms. The molecule has 0 radical (unpaired) electrons. The summed E-state index contributed by atoms with van der Waals surface area (Å²) in [5.41, 5.74) is 2.23. The number of hydrogen-bond donors (Lipinski definition) is 1. The van der Waals surface area contributed by atoms with Gasteiger partial charge in [0.05, 0.1) is 16.8 Å². The maximum absolute atomic E-state index is 14.2. The summed E-state index contributed by atoms with van der Waals surface area (Å²) in [6.07, 6.45) is -0.959. The Kier molecular flexibility index (Phi) is 5.32. The van der Waals surface area contributed by atoms with E-state index in [1.54, 1.807) is 22.1 Å². The highest BCUT2D eigenvalue weighted by molar-refractivity contribution is 5.85. The van der Waals surface area contributed by atoms with Crippen molar-refractivity contribution < 1.29 is 18.3 Å². The second kappa shape index (κ2) is 8.35. The predicted octanol–water partition coefficient (Wildman–Crippen LogP) is 4.41. The molecule has 4 aromatic heterocycles. The van der Waals surface area contributed by atoms with Crippen molar-refractivity contribution in [3.8, 4) is 22.8 Å². The van der Waals surface area contributed by atoms with Crippen LogP contribution in [0.1, 0.15) is 24.9 Å². The van der Waals surface area contributed by atoms with E-state index in [0.717, 1.165) is 16.6 Å². The molecular formula is C26H24F3N7O. The summed E-state index contributed by atoms with van der Waals surface area (Å²) < 4.78 is 46.0. The summed E-state index contributed by atoms with van der Waals surface area (Å²) in [6.45, 7) is 1.65. The first-order valence-corrected chi connectivity index (χ1v) is 11.9. The van der Waals surface area contributed by atoms with E-state index in [1.807, 2.05) is 43.6 Å². The molecule has 5 heterocycles. The van der Waals surface area contributed by atoms with Crippen molar-refractivity contribution in [2.75, 3.05) is 13.1 Å². The lowest BCUT2D eigenvalue weighted by atomic mass is 10.1. The van der Waals surface area contributed by atoms with Crippen LogP contribution in [0.3, 0.4) is 0 Å². The topological polar surface area (TPSA) is 84.4 Å². The van der Waals surface area contributed by atoms with E-state index in [2.05, 4.69) is 15.3 Å². The molecule has 6 rings (SSSR count). The van der Waals surface area contributed by atoms with Crippen LogP contribution in [0.25, 0.3) is 39.3 Å². The number of pyridine rings is 2. The van der Waals surface area contributed by atoms with Gasteiger partial charge in [-0.15, -0.1) is 10.2 Å². The number of benzene rings is 1. The highest BCUT2D eigenvalue weighted by Gasteiger charge is 2.48. The highest BCUT2D eigenvalue weighted by Crippen LogP contribution is 2.41. The standard InChI is InChI=1S/C26H24F3N7O/c1-25(37)10-12-35(15-25)23(26(27,28)29)18-6-8-22-31-32-24(36(22)14-18)20-7-5-16-3-4-17(13-21(16)30-20)19-9-11-34(2)33-19/h3-9,11,13-14,23,37H,10,12,15H2,1-2H3/t23-,25?/m0/s1. The van der Waals surface area contributed by atoms with Crippen molar-refractivity contribution in [3.63, 3.8) is 0 Å².